The molecule has 1 unspecified atom stereocenters. The van der Waals surface area contributed by atoms with Crippen LogP contribution in [0, 0.1) is 0 Å². The summed E-state index contributed by atoms with van der Waals surface area (Å²) in [5, 5.41) is 24.7. The average Bonchev–Trinajstić information content (AvgIpc) is 2.88. The van der Waals surface area contributed by atoms with Crippen molar-refractivity contribution in [3.63, 3.8) is 0 Å². The predicted molar refractivity (Wildman–Crippen MR) is 70.4 cm³/mol. The van der Waals surface area contributed by atoms with E-state index in [1.165, 1.54) is 23.5 Å². The number of amides is 1. The van der Waals surface area contributed by atoms with Crippen molar-refractivity contribution in [1.82, 2.24) is 5.32 Å². The minimum absolute atomic E-state index is 0.0829. The number of hydrogen-bond acceptors (Lipinski definition) is 5. The number of aldehydes is 1. The summed E-state index contributed by atoms with van der Waals surface area (Å²) in [6, 6.07) is 4.54. The van der Waals surface area contributed by atoms with Crippen LogP contribution in [0.4, 0.5) is 0 Å². The maximum atomic E-state index is 11.9. The summed E-state index contributed by atoms with van der Waals surface area (Å²) in [6.45, 7) is 0. The van der Waals surface area contributed by atoms with E-state index in [1.807, 2.05) is 0 Å². The fraction of sp³-hybridized carbons (Fsp3) is 0.0769. The molecule has 0 aliphatic carbocycles. The second-order valence-corrected chi connectivity index (χ2v) is 4.66. The normalized spacial score (nSPS) is 11.8. The molecule has 0 fully saturated rings. The fourth-order valence-corrected chi connectivity index (χ4v) is 2.30. The lowest BCUT2D eigenvalue weighted by Gasteiger charge is -2.11. The molecule has 1 aromatic carbocycles. The number of phenolic OH excluding ortho intramolecular Hbond substituents is 2. The first-order valence-electron chi connectivity index (χ1n) is 5.41. The van der Waals surface area contributed by atoms with Gasteiger partial charge in [-0.1, -0.05) is 0 Å². The Hall–Kier alpha value is -2.34. The topological polar surface area (TPSA) is 86.6 Å². The highest BCUT2D eigenvalue weighted by Gasteiger charge is 2.16. The van der Waals surface area contributed by atoms with E-state index in [4.69, 9.17) is 0 Å². The van der Waals surface area contributed by atoms with Crippen molar-refractivity contribution in [1.29, 1.82) is 0 Å². The first-order valence-corrected chi connectivity index (χ1v) is 6.35. The van der Waals surface area contributed by atoms with E-state index in [0.717, 1.165) is 6.07 Å². The molecule has 2 aromatic rings. The van der Waals surface area contributed by atoms with Crippen LogP contribution >= 0.6 is 11.3 Å². The molecule has 5 nitrogen and oxygen atoms in total. The summed E-state index contributed by atoms with van der Waals surface area (Å²) in [5.41, 5.74) is 0.775. The van der Waals surface area contributed by atoms with E-state index in [0.29, 0.717) is 11.8 Å². The summed E-state index contributed by atoms with van der Waals surface area (Å²) < 4.78 is 0. The quantitative estimate of drug-likeness (QED) is 0.744. The van der Waals surface area contributed by atoms with Crippen molar-refractivity contribution in [2.75, 3.05) is 0 Å². The standard InChI is InChI=1S/C13H11NO4S/c15-6-12(8-1-2-19-7-8)14-13(18)9-3-10(16)5-11(17)4-9/h1-7,12,16-17H,(H,14,18). The van der Waals surface area contributed by atoms with Gasteiger partial charge in [0.25, 0.3) is 5.91 Å². The highest BCUT2D eigenvalue weighted by molar-refractivity contribution is 7.08. The molecular formula is C13H11NO4S. The van der Waals surface area contributed by atoms with Gasteiger partial charge < -0.3 is 20.3 Å². The highest BCUT2D eigenvalue weighted by Crippen LogP contribution is 2.21. The zero-order valence-corrected chi connectivity index (χ0v) is 10.6. The second kappa shape index (κ2) is 5.53. The molecule has 0 spiro atoms. The Kier molecular flexibility index (Phi) is 3.82. The van der Waals surface area contributed by atoms with Gasteiger partial charge in [-0.2, -0.15) is 11.3 Å². The second-order valence-electron chi connectivity index (χ2n) is 3.88. The molecule has 0 radical (unpaired) electrons. The van der Waals surface area contributed by atoms with Crippen molar-refractivity contribution in [3.8, 4) is 11.5 Å². The van der Waals surface area contributed by atoms with E-state index in [1.54, 1.807) is 16.8 Å². The van der Waals surface area contributed by atoms with Gasteiger partial charge in [0.15, 0.2) is 0 Å². The summed E-state index contributed by atoms with van der Waals surface area (Å²) in [4.78, 5) is 22.9. The molecule has 1 heterocycles. The third-order valence-electron chi connectivity index (χ3n) is 2.49. The van der Waals surface area contributed by atoms with Crippen LogP contribution in [0.25, 0.3) is 0 Å². The number of aromatic hydroxyl groups is 2. The lowest BCUT2D eigenvalue weighted by atomic mass is 10.1. The largest absolute Gasteiger partial charge is 0.508 e. The summed E-state index contributed by atoms with van der Waals surface area (Å²) in [5.74, 6) is -0.985. The Balaban J connectivity index is 2.18. The van der Waals surface area contributed by atoms with Crippen LogP contribution in [-0.4, -0.2) is 22.4 Å². The Morgan fingerprint density at radius 1 is 1.26 bits per heavy atom. The van der Waals surface area contributed by atoms with Crippen LogP contribution in [0.15, 0.2) is 35.0 Å². The maximum absolute atomic E-state index is 11.9. The first-order chi connectivity index (χ1) is 9.10. The average molecular weight is 277 g/mol. The summed E-state index contributed by atoms with van der Waals surface area (Å²) in [7, 11) is 0. The molecule has 0 aliphatic heterocycles. The lowest BCUT2D eigenvalue weighted by Crippen LogP contribution is -2.29. The molecule has 2 rings (SSSR count). The van der Waals surface area contributed by atoms with Gasteiger partial charge in [-0.25, -0.2) is 0 Å². The molecule has 3 N–H and O–H groups in total. The number of nitrogens with one attached hydrogen (secondary N) is 1. The van der Waals surface area contributed by atoms with Gasteiger partial charge >= 0.3 is 0 Å². The number of rotatable bonds is 4. The third kappa shape index (κ3) is 3.11. The fourth-order valence-electron chi connectivity index (χ4n) is 1.60. The van der Waals surface area contributed by atoms with E-state index < -0.39 is 11.9 Å². The van der Waals surface area contributed by atoms with Crippen LogP contribution in [-0.2, 0) is 4.79 Å². The number of benzene rings is 1. The SMILES string of the molecule is O=CC(NC(=O)c1cc(O)cc(O)c1)c1ccsc1. The maximum Gasteiger partial charge on any atom is 0.252 e. The van der Waals surface area contributed by atoms with Crippen molar-refractivity contribution < 1.29 is 19.8 Å². The molecule has 0 bridgehead atoms. The summed E-state index contributed by atoms with van der Waals surface area (Å²) in [6.07, 6.45) is 0.628. The number of carbonyl (C=O) groups is 2. The molecule has 0 aliphatic rings. The minimum atomic E-state index is -0.747. The van der Waals surface area contributed by atoms with E-state index in [9.17, 15) is 19.8 Å². The Morgan fingerprint density at radius 2 is 1.95 bits per heavy atom. The zero-order chi connectivity index (χ0) is 13.8. The van der Waals surface area contributed by atoms with Crippen LogP contribution < -0.4 is 5.32 Å². The molecule has 0 saturated heterocycles. The Bertz CT molecular complexity index is 574. The first kappa shape index (κ1) is 13.1. The Labute approximate surface area is 113 Å². The van der Waals surface area contributed by atoms with Gasteiger partial charge in [0.05, 0.1) is 0 Å². The van der Waals surface area contributed by atoms with Gasteiger partial charge in [0.1, 0.15) is 23.8 Å². The number of carbonyl (C=O) groups excluding carboxylic acids is 2. The molecular weight excluding hydrogens is 266 g/mol. The van der Waals surface area contributed by atoms with Crippen LogP contribution in [0.1, 0.15) is 22.0 Å². The molecule has 1 amide bonds. The number of thiophene rings is 1. The van der Waals surface area contributed by atoms with Crippen molar-refractivity contribution in [2.45, 2.75) is 6.04 Å². The molecule has 98 valence electrons. The zero-order valence-electron chi connectivity index (χ0n) is 9.74. The van der Waals surface area contributed by atoms with Gasteiger partial charge in [0.2, 0.25) is 0 Å². The van der Waals surface area contributed by atoms with Crippen molar-refractivity contribution in [3.05, 3.63) is 46.2 Å². The smallest absolute Gasteiger partial charge is 0.252 e. The minimum Gasteiger partial charge on any atom is -0.508 e. The van der Waals surface area contributed by atoms with E-state index >= 15 is 0 Å². The van der Waals surface area contributed by atoms with Crippen molar-refractivity contribution in [2.24, 2.45) is 0 Å². The highest BCUT2D eigenvalue weighted by atomic mass is 32.1. The molecule has 1 aromatic heterocycles. The van der Waals surface area contributed by atoms with Crippen LogP contribution in [0.3, 0.4) is 0 Å². The van der Waals surface area contributed by atoms with E-state index in [2.05, 4.69) is 5.32 Å². The van der Waals surface area contributed by atoms with Crippen molar-refractivity contribution >= 4 is 23.5 Å². The van der Waals surface area contributed by atoms with Gasteiger partial charge in [0, 0.05) is 11.6 Å². The van der Waals surface area contributed by atoms with Gasteiger partial charge in [-0.05, 0) is 34.5 Å². The van der Waals surface area contributed by atoms with Gasteiger partial charge in [-0.15, -0.1) is 0 Å². The number of phenols is 2. The molecule has 0 saturated carbocycles. The van der Waals surface area contributed by atoms with E-state index in [-0.39, 0.29) is 17.1 Å². The van der Waals surface area contributed by atoms with Crippen LogP contribution in [0.2, 0.25) is 0 Å². The summed E-state index contributed by atoms with van der Waals surface area (Å²) >= 11 is 1.42. The van der Waals surface area contributed by atoms with Gasteiger partial charge in [-0.3, -0.25) is 4.79 Å². The Morgan fingerprint density at radius 3 is 2.47 bits per heavy atom. The molecule has 6 heteroatoms. The number of hydrogen-bond donors (Lipinski definition) is 3. The third-order valence-corrected chi connectivity index (χ3v) is 3.19. The lowest BCUT2D eigenvalue weighted by molar-refractivity contribution is -0.109. The molecule has 1 atom stereocenters. The monoisotopic (exact) mass is 277 g/mol. The molecule has 19 heavy (non-hydrogen) atoms. The van der Waals surface area contributed by atoms with Crippen LogP contribution in [0.5, 0.6) is 11.5 Å². The predicted octanol–water partition coefficient (Wildman–Crippen LogP) is 1.83.